The molecule has 2 N–H and O–H groups in total. The Morgan fingerprint density at radius 2 is 1.91 bits per heavy atom. The molecule has 0 aromatic heterocycles. The third-order valence-electron chi connectivity index (χ3n) is 1.13. The Balaban J connectivity index is 0.000001000. The van der Waals surface area contributed by atoms with Gasteiger partial charge in [0.1, 0.15) is 5.75 Å². The summed E-state index contributed by atoms with van der Waals surface area (Å²) in [5.41, 5.74) is 0.505. The van der Waals surface area contributed by atoms with Crippen LogP contribution in [-0.2, 0) is 17.1 Å². The fourth-order valence-corrected chi connectivity index (χ4v) is 0.659. The first-order valence-electron chi connectivity index (χ1n) is 2.80. The van der Waals surface area contributed by atoms with E-state index in [1.165, 1.54) is 12.3 Å². The number of para-hydroxylation sites is 1. The molecule has 1 aromatic rings. The molecule has 0 fully saturated rings. The minimum Gasteiger partial charge on any atom is -0.507 e. The van der Waals surface area contributed by atoms with Gasteiger partial charge in [0.2, 0.25) is 0 Å². The molecule has 0 unspecified atom stereocenters. The molecule has 0 heterocycles. The number of benzene rings is 1. The Hall–Kier alpha value is -0.991. The van der Waals surface area contributed by atoms with Gasteiger partial charge in [0.25, 0.3) is 0 Å². The van der Waals surface area contributed by atoms with Gasteiger partial charge in [-0.1, -0.05) is 17.3 Å². The summed E-state index contributed by atoms with van der Waals surface area (Å²) in [6.07, 6.45) is 1.18. The molecular weight excluding hydrogens is 194 g/mol. The molecular formula is C7H7CuNO2+. The molecule has 0 aliphatic carbocycles. The molecule has 1 aromatic carbocycles. The van der Waals surface area contributed by atoms with Gasteiger partial charge >= 0.3 is 17.1 Å². The van der Waals surface area contributed by atoms with Crippen molar-refractivity contribution in [2.75, 3.05) is 0 Å². The standard InChI is InChI=1S/C7H7NO2.Cu/c9-7-4-2-1-3-6(7)5-8-10;/h1-5,9-10H;/q;+1/b8-5+;. The molecule has 0 bridgehead atoms. The summed E-state index contributed by atoms with van der Waals surface area (Å²) in [5, 5.41) is 19.9. The summed E-state index contributed by atoms with van der Waals surface area (Å²) >= 11 is 0. The van der Waals surface area contributed by atoms with Crippen molar-refractivity contribution in [1.82, 2.24) is 0 Å². The van der Waals surface area contributed by atoms with E-state index in [0.717, 1.165) is 0 Å². The van der Waals surface area contributed by atoms with E-state index in [1.54, 1.807) is 18.2 Å². The molecule has 0 aliphatic rings. The molecule has 4 heteroatoms. The molecule has 11 heavy (non-hydrogen) atoms. The van der Waals surface area contributed by atoms with E-state index in [1.807, 2.05) is 0 Å². The van der Waals surface area contributed by atoms with Crippen LogP contribution in [0.1, 0.15) is 5.56 Å². The van der Waals surface area contributed by atoms with Crippen LogP contribution in [0, 0.1) is 0 Å². The van der Waals surface area contributed by atoms with E-state index < -0.39 is 0 Å². The normalized spacial score (nSPS) is 9.45. The second-order valence-electron chi connectivity index (χ2n) is 1.80. The Bertz CT molecular complexity index is 250. The SMILES string of the molecule is O/N=C/c1ccccc1O.[Cu+]. The summed E-state index contributed by atoms with van der Waals surface area (Å²) in [5.74, 6) is 0.111. The van der Waals surface area contributed by atoms with Gasteiger partial charge in [-0.05, 0) is 12.1 Å². The first-order chi connectivity index (χ1) is 4.84. The van der Waals surface area contributed by atoms with E-state index >= 15 is 0 Å². The fraction of sp³-hybridized carbons (Fsp3) is 0. The van der Waals surface area contributed by atoms with E-state index in [9.17, 15) is 0 Å². The smallest absolute Gasteiger partial charge is 0.507 e. The van der Waals surface area contributed by atoms with Crippen LogP contribution < -0.4 is 0 Å². The Morgan fingerprint density at radius 1 is 1.27 bits per heavy atom. The molecule has 3 nitrogen and oxygen atoms in total. The number of phenols is 1. The molecule has 62 valence electrons. The van der Waals surface area contributed by atoms with Crippen LogP contribution in [0.3, 0.4) is 0 Å². The van der Waals surface area contributed by atoms with Crippen molar-refractivity contribution in [3.8, 4) is 5.75 Å². The average molecular weight is 201 g/mol. The number of nitrogens with zero attached hydrogens (tertiary/aromatic N) is 1. The van der Waals surface area contributed by atoms with Crippen LogP contribution in [0.4, 0.5) is 0 Å². The predicted octanol–water partition coefficient (Wildman–Crippen LogP) is 1.20. The number of phenolic OH excluding ortho intramolecular Hbond substituents is 1. The van der Waals surface area contributed by atoms with Gasteiger partial charge in [-0.2, -0.15) is 0 Å². The molecule has 0 radical (unpaired) electrons. The van der Waals surface area contributed by atoms with Crippen LogP contribution in [0.15, 0.2) is 29.4 Å². The van der Waals surface area contributed by atoms with Gasteiger partial charge in [-0.15, -0.1) is 0 Å². The molecule has 1 rings (SSSR count). The van der Waals surface area contributed by atoms with Crippen LogP contribution in [-0.4, -0.2) is 16.5 Å². The zero-order valence-corrected chi connectivity index (χ0v) is 6.47. The number of aromatic hydroxyl groups is 1. The quantitative estimate of drug-likeness (QED) is 0.310. The van der Waals surface area contributed by atoms with Crippen LogP contribution >= 0.6 is 0 Å². The van der Waals surface area contributed by atoms with Crippen molar-refractivity contribution < 1.29 is 27.4 Å². The van der Waals surface area contributed by atoms with E-state index in [0.29, 0.717) is 5.56 Å². The Morgan fingerprint density at radius 3 is 2.45 bits per heavy atom. The zero-order valence-electron chi connectivity index (χ0n) is 5.53. The van der Waals surface area contributed by atoms with Crippen molar-refractivity contribution in [3.63, 3.8) is 0 Å². The van der Waals surface area contributed by atoms with Crippen LogP contribution in [0.2, 0.25) is 0 Å². The maximum atomic E-state index is 9.04. The molecule has 0 atom stereocenters. The summed E-state index contributed by atoms with van der Waals surface area (Å²) in [6.45, 7) is 0. The van der Waals surface area contributed by atoms with E-state index in [2.05, 4.69) is 5.16 Å². The number of rotatable bonds is 1. The minimum absolute atomic E-state index is 0. The number of oxime groups is 1. The van der Waals surface area contributed by atoms with Crippen LogP contribution in [0.5, 0.6) is 5.75 Å². The molecule has 0 amide bonds. The second kappa shape index (κ2) is 4.77. The number of hydrogen-bond acceptors (Lipinski definition) is 3. The third kappa shape index (κ3) is 2.62. The fourth-order valence-electron chi connectivity index (χ4n) is 0.659. The number of hydrogen-bond donors (Lipinski definition) is 2. The molecule has 0 spiro atoms. The van der Waals surface area contributed by atoms with Crippen LogP contribution in [0.25, 0.3) is 0 Å². The Labute approximate surface area is 74.8 Å². The van der Waals surface area contributed by atoms with E-state index in [4.69, 9.17) is 10.3 Å². The van der Waals surface area contributed by atoms with Gasteiger partial charge in [-0.3, -0.25) is 0 Å². The largest absolute Gasteiger partial charge is 1.00 e. The Kier molecular flexibility index (Phi) is 4.34. The monoisotopic (exact) mass is 200 g/mol. The summed E-state index contributed by atoms with van der Waals surface area (Å²) < 4.78 is 0. The molecule has 0 saturated carbocycles. The predicted molar refractivity (Wildman–Crippen MR) is 37.5 cm³/mol. The molecule has 0 saturated heterocycles. The van der Waals surface area contributed by atoms with Gasteiger partial charge in [0.05, 0.1) is 6.21 Å². The van der Waals surface area contributed by atoms with Gasteiger partial charge in [0.15, 0.2) is 0 Å². The maximum absolute atomic E-state index is 9.04. The maximum Gasteiger partial charge on any atom is 1.00 e. The van der Waals surface area contributed by atoms with Crippen molar-refractivity contribution in [2.45, 2.75) is 0 Å². The van der Waals surface area contributed by atoms with Gasteiger partial charge in [0, 0.05) is 5.56 Å². The zero-order chi connectivity index (χ0) is 7.40. The second-order valence-corrected chi connectivity index (χ2v) is 1.80. The van der Waals surface area contributed by atoms with Gasteiger partial charge in [-0.25, -0.2) is 0 Å². The topological polar surface area (TPSA) is 52.8 Å². The van der Waals surface area contributed by atoms with E-state index in [-0.39, 0.29) is 22.8 Å². The first-order valence-corrected chi connectivity index (χ1v) is 2.80. The minimum atomic E-state index is 0. The third-order valence-corrected chi connectivity index (χ3v) is 1.13. The van der Waals surface area contributed by atoms with Crippen molar-refractivity contribution in [2.24, 2.45) is 5.16 Å². The first kappa shape index (κ1) is 10.0. The van der Waals surface area contributed by atoms with Crippen molar-refractivity contribution in [3.05, 3.63) is 29.8 Å². The molecule has 0 aliphatic heterocycles. The summed E-state index contributed by atoms with van der Waals surface area (Å²) in [4.78, 5) is 0. The van der Waals surface area contributed by atoms with Crippen molar-refractivity contribution >= 4 is 6.21 Å². The van der Waals surface area contributed by atoms with Gasteiger partial charge < -0.3 is 10.3 Å². The van der Waals surface area contributed by atoms with Crippen molar-refractivity contribution in [1.29, 1.82) is 0 Å². The average Bonchev–Trinajstić information content (AvgIpc) is 1.94. The summed E-state index contributed by atoms with van der Waals surface area (Å²) in [6, 6.07) is 6.62. The summed E-state index contributed by atoms with van der Waals surface area (Å²) in [7, 11) is 0.